The zero-order chi connectivity index (χ0) is 15.1. The van der Waals surface area contributed by atoms with Gasteiger partial charge in [-0.1, -0.05) is 22.0 Å². The van der Waals surface area contributed by atoms with E-state index in [0.29, 0.717) is 15.6 Å². The highest BCUT2D eigenvalue weighted by Gasteiger charge is 2.41. The molecule has 0 aromatic heterocycles. The van der Waals surface area contributed by atoms with Gasteiger partial charge in [0.25, 0.3) is 5.91 Å². The van der Waals surface area contributed by atoms with Crippen molar-refractivity contribution < 1.29 is 19.2 Å². The Morgan fingerprint density at radius 1 is 1.19 bits per heavy atom. The Balaban J connectivity index is 1.98. The molecule has 1 atom stereocenters. The monoisotopic (exact) mass is 350 g/mol. The van der Waals surface area contributed by atoms with Crippen LogP contribution < -0.4 is 5.32 Å². The van der Waals surface area contributed by atoms with Crippen molar-refractivity contribution >= 4 is 39.6 Å². The van der Waals surface area contributed by atoms with Crippen molar-refractivity contribution in [1.82, 2.24) is 10.2 Å². The predicted octanol–water partition coefficient (Wildman–Crippen LogP) is 0.779. The Bertz CT molecular complexity index is 686. The maximum Gasteiger partial charge on any atom is 0.261 e. The molecule has 1 unspecified atom stereocenters. The summed E-state index contributed by atoms with van der Waals surface area (Å²) in [4.78, 5) is 48.8. The van der Waals surface area contributed by atoms with Crippen LogP contribution >= 0.6 is 15.9 Å². The van der Waals surface area contributed by atoms with Gasteiger partial charge in [0.15, 0.2) is 0 Å². The van der Waals surface area contributed by atoms with Gasteiger partial charge in [-0.15, -0.1) is 0 Å². The van der Waals surface area contributed by atoms with Crippen LogP contribution in [0, 0.1) is 0 Å². The fourth-order valence-electron chi connectivity index (χ4n) is 2.66. The maximum atomic E-state index is 12.5. The van der Waals surface area contributed by atoms with Gasteiger partial charge >= 0.3 is 0 Å². The maximum absolute atomic E-state index is 12.5. The van der Waals surface area contributed by atoms with Crippen LogP contribution in [0.3, 0.4) is 0 Å². The molecule has 0 saturated carbocycles. The molecule has 0 radical (unpaired) electrons. The SMILES string of the molecule is O=C1CCC(N2C(=O)Cc3c(Br)cccc3C2=O)C(=O)N1. The van der Waals surface area contributed by atoms with E-state index in [9.17, 15) is 19.2 Å². The molecule has 0 aliphatic carbocycles. The molecule has 4 amide bonds. The summed E-state index contributed by atoms with van der Waals surface area (Å²) in [6, 6.07) is 4.20. The van der Waals surface area contributed by atoms with Crippen LogP contribution in [0.1, 0.15) is 28.8 Å². The second-order valence-corrected chi connectivity index (χ2v) is 5.83. The molecule has 0 bridgehead atoms. The van der Waals surface area contributed by atoms with Gasteiger partial charge in [0.05, 0.1) is 6.42 Å². The molecule has 0 spiro atoms. The van der Waals surface area contributed by atoms with Gasteiger partial charge in [0.1, 0.15) is 6.04 Å². The number of rotatable bonds is 1. The first-order valence-corrected chi connectivity index (χ1v) is 7.26. The minimum atomic E-state index is -0.908. The van der Waals surface area contributed by atoms with Gasteiger partial charge in [-0.25, -0.2) is 0 Å². The Hall–Kier alpha value is -2.02. The first-order chi connectivity index (χ1) is 9.99. The fourth-order valence-corrected chi connectivity index (χ4v) is 3.17. The van der Waals surface area contributed by atoms with Gasteiger partial charge in [-0.3, -0.25) is 29.4 Å². The van der Waals surface area contributed by atoms with E-state index in [1.165, 1.54) is 0 Å². The number of carbonyl (C=O) groups excluding carboxylic acids is 4. The second-order valence-electron chi connectivity index (χ2n) is 4.98. The Kier molecular flexibility index (Phi) is 3.36. The second kappa shape index (κ2) is 5.07. The number of carbonyl (C=O) groups is 4. The number of benzene rings is 1. The summed E-state index contributed by atoms with van der Waals surface area (Å²) < 4.78 is 0.699. The molecule has 108 valence electrons. The first kappa shape index (κ1) is 13.9. The molecule has 3 rings (SSSR count). The number of imide groups is 2. The number of fused-ring (bicyclic) bond motifs is 1. The molecule has 2 heterocycles. The normalized spacial score (nSPS) is 22.1. The van der Waals surface area contributed by atoms with Crippen molar-refractivity contribution in [3.8, 4) is 0 Å². The first-order valence-electron chi connectivity index (χ1n) is 6.46. The number of nitrogens with zero attached hydrogens (tertiary/aromatic N) is 1. The molecular formula is C14H11BrN2O4. The van der Waals surface area contributed by atoms with E-state index in [1.54, 1.807) is 18.2 Å². The van der Waals surface area contributed by atoms with Crippen molar-refractivity contribution in [3.05, 3.63) is 33.8 Å². The summed E-state index contributed by atoms with van der Waals surface area (Å²) >= 11 is 3.33. The van der Waals surface area contributed by atoms with Crippen molar-refractivity contribution in [1.29, 1.82) is 0 Å². The summed E-state index contributed by atoms with van der Waals surface area (Å²) in [5.41, 5.74) is 1.05. The average molecular weight is 351 g/mol. The lowest BCUT2D eigenvalue weighted by Crippen LogP contribution is -2.58. The zero-order valence-electron chi connectivity index (χ0n) is 10.9. The van der Waals surface area contributed by atoms with Crippen molar-refractivity contribution in [2.45, 2.75) is 25.3 Å². The Labute approximate surface area is 128 Å². The minimum absolute atomic E-state index is 0.0558. The highest BCUT2D eigenvalue weighted by molar-refractivity contribution is 9.10. The number of amides is 4. The third-order valence-electron chi connectivity index (χ3n) is 3.69. The van der Waals surface area contributed by atoms with Gasteiger partial charge in [-0.05, 0) is 24.1 Å². The smallest absolute Gasteiger partial charge is 0.261 e. The average Bonchev–Trinajstić information content (AvgIpc) is 2.42. The summed E-state index contributed by atoms with van der Waals surface area (Å²) in [5.74, 6) is -1.88. The number of hydrogen-bond acceptors (Lipinski definition) is 4. The van der Waals surface area contributed by atoms with Crippen LogP contribution in [0.5, 0.6) is 0 Å². The largest absolute Gasteiger partial charge is 0.295 e. The minimum Gasteiger partial charge on any atom is -0.295 e. The van der Waals surface area contributed by atoms with E-state index < -0.39 is 23.8 Å². The lowest BCUT2D eigenvalue weighted by atomic mass is 9.95. The van der Waals surface area contributed by atoms with Gasteiger partial charge in [-0.2, -0.15) is 0 Å². The molecule has 1 aromatic rings. The fraction of sp³-hybridized carbons (Fsp3) is 0.286. The molecule has 1 N–H and O–H groups in total. The van der Waals surface area contributed by atoms with Crippen LogP contribution in [-0.2, 0) is 20.8 Å². The third kappa shape index (κ3) is 2.27. The highest BCUT2D eigenvalue weighted by atomic mass is 79.9. The van der Waals surface area contributed by atoms with E-state index in [1.807, 2.05) is 0 Å². The molecule has 1 fully saturated rings. The lowest BCUT2D eigenvalue weighted by Gasteiger charge is -2.34. The molecule has 6 nitrogen and oxygen atoms in total. The Morgan fingerprint density at radius 2 is 1.95 bits per heavy atom. The predicted molar refractivity (Wildman–Crippen MR) is 75.2 cm³/mol. The van der Waals surface area contributed by atoms with Crippen molar-refractivity contribution in [3.63, 3.8) is 0 Å². The molecular weight excluding hydrogens is 340 g/mol. The van der Waals surface area contributed by atoms with Crippen LogP contribution in [-0.4, -0.2) is 34.6 Å². The van der Waals surface area contributed by atoms with Gasteiger partial charge in [0.2, 0.25) is 17.7 Å². The molecule has 21 heavy (non-hydrogen) atoms. The van der Waals surface area contributed by atoms with Crippen LogP contribution in [0.15, 0.2) is 22.7 Å². The molecule has 1 aromatic carbocycles. The van der Waals surface area contributed by atoms with Gasteiger partial charge in [0, 0.05) is 16.5 Å². The van der Waals surface area contributed by atoms with E-state index >= 15 is 0 Å². The summed E-state index contributed by atoms with van der Waals surface area (Å²) in [5, 5.41) is 2.17. The molecule has 1 saturated heterocycles. The quantitative estimate of drug-likeness (QED) is 0.758. The molecule has 7 heteroatoms. The number of halogens is 1. The molecule has 2 aliphatic heterocycles. The topological polar surface area (TPSA) is 83.6 Å². The van der Waals surface area contributed by atoms with Crippen LogP contribution in [0.4, 0.5) is 0 Å². The van der Waals surface area contributed by atoms with Crippen molar-refractivity contribution in [2.75, 3.05) is 0 Å². The third-order valence-corrected chi connectivity index (χ3v) is 4.43. The van der Waals surface area contributed by atoms with E-state index in [0.717, 1.165) is 4.90 Å². The Morgan fingerprint density at radius 3 is 2.67 bits per heavy atom. The standard InChI is InChI=1S/C14H11BrN2O4/c15-9-3-1-2-7-8(9)6-12(19)17(14(7)21)10-4-5-11(18)16-13(10)20/h1-3,10H,4-6H2,(H,16,18,20). The number of piperidine rings is 1. The van der Waals surface area contributed by atoms with Crippen LogP contribution in [0.25, 0.3) is 0 Å². The highest BCUT2D eigenvalue weighted by Crippen LogP contribution is 2.29. The van der Waals surface area contributed by atoms with Crippen LogP contribution in [0.2, 0.25) is 0 Å². The zero-order valence-corrected chi connectivity index (χ0v) is 12.5. The van der Waals surface area contributed by atoms with Gasteiger partial charge < -0.3 is 0 Å². The molecule has 2 aliphatic rings. The number of nitrogens with one attached hydrogen (secondary N) is 1. The lowest BCUT2D eigenvalue weighted by molar-refractivity contribution is -0.143. The van der Waals surface area contributed by atoms with Crippen molar-refractivity contribution in [2.24, 2.45) is 0 Å². The van der Waals surface area contributed by atoms with E-state index in [4.69, 9.17) is 0 Å². The summed E-state index contributed by atoms with van der Waals surface area (Å²) in [7, 11) is 0. The summed E-state index contributed by atoms with van der Waals surface area (Å²) in [6.45, 7) is 0. The summed E-state index contributed by atoms with van der Waals surface area (Å²) in [6.07, 6.45) is 0.352. The van der Waals surface area contributed by atoms with E-state index in [-0.39, 0.29) is 25.2 Å². The number of hydrogen-bond donors (Lipinski definition) is 1. The van der Waals surface area contributed by atoms with E-state index in [2.05, 4.69) is 21.2 Å².